The maximum Gasteiger partial charge on any atom is 0.221 e. The fourth-order valence-corrected chi connectivity index (χ4v) is 2.86. The number of nitrogens with two attached hydrogens (primary N) is 1. The van der Waals surface area contributed by atoms with Crippen molar-refractivity contribution in [2.75, 3.05) is 6.54 Å². The van der Waals surface area contributed by atoms with E-state index in [1.54, 1.807) is 0 Å². The third kappa shape index (κ3) is 3.57. The zero-order chi connectivity index (χ0) is 13.9. The summed E-state index contributed by atoms with van der Waals surface area (Å²) in [6.07, 6.45) is 3.93. The molecule has 0 radical (unpaired) electrons. The highest BCUT2D eigenvalue weighted by molar-refractivity contribution is 9.10. The number of halogens is 1. The van der Waals surface area contributed by atoms with E-state index in [9.17, 15) is 4.79 Å². The number of hydrogen-bond donors (Lipinski definition) is 2. The van der Waals surface area contributed by atoms with Gasteiger partial charge in [0.2, 0.25) is 5.91 Å². The Balaban J connectivity index is 1.89. The number of carbonyl (C=O) groups excluding carboxylic acids is 1. The van der Waals surface area contributed by atoms with Gasteiger partial charge in [-0.2, -0.15) is 0 Å². The van der Waals surface area contributed by atoms with Crippen LogP contribution in [-0.2, 0) is 4.79 Å². The normalized spacial score (nSPS) is 18.5. The number of benzene rings is 1. The summed E-state index contributed by atoms with van der Waals surface area (Å²) in [5, 5.41) is 3.06. The molecular weight excluding hydrogens is 304 g/mol. The van der Waals surface area contributed by atoms with Crippen molar-refractivity contribution in [3.63, 3.8) is 0 Å². The van der Waals surface area contributed by atoms with Crippen LogP contribution in [0, 0.1) is 5.41 Å². The molecule has 1 aliphatic carbocycles. The van der Waals surface area contributed by atoms with Crippen LogP contribution in [-0.4, -0.2) is 12.5 Å². The second-order valence-corrected chi connectivity index (χ2v) is 6.49. The Morgan fingerprint density at radius 1 is 1.42 bits per heavy atom. The average molecular weight is 325 g/mol. The van der Waals surface area contributed by atoms with Crippen LogP contribution in [0.25, 0.3) is 0 Å². The monoisotopic (exact) mass is 324 g/mol. The number of carbonyl (C=O) groups is 1. The Morgan fingerprint density at radius 3 is 2.53 bits per heavy atom. The van der Waals surface area contributed by atoms with Crippen molar-refractivity contribution in [1.29, 1.82) is 0 Å². The van der Waals surface area contributed by atoms with Gasteiger partial charge < -0.3 is 11.1 Å². The van der Waals surface area contributed by atoms with Crippen LogP contribution in [0.5, 0.6) is 0 Å². The van der Waals surface area contributed by atoms with E-state index in [-0.39, 0.29) is 17.4 Å². The van der Waals surface area contributed by atoms with Gasteiger partial charge in [-0.1, -0.05) is 34.5 Å². The van der Waals surface area contributed by atoms with Crippen LogP contribution in [0.3, 0.4) is 0 Å². The van der Waals surface area contributed by atoms with Crippen molar-refractivity contribution in [3.8, 4) is 0 Å². The van der Waals surface area contributed by atoms with Crippen molar-refractivity contribution in [1.82, 2.24) is 5.32 Å². The summed E-state index contributed by atoms with van der Waals surface area (Å²) < 4.78 is 1.05. The molecule has 0 saturated heterocycles. The average Bonchev–Trinajstić information content (AvgIpc) is 2.34. The summed E-state index contributed by atoms with van der Waals surface area (Å²) in [5.41, 5.74) is 6.98. The summed E-state index contributed by atoms with van der Waals surface area (Å²) in [4.78, 5) is 12.1. The Bertz CT molecular complexity index is 434. The van der Waals surface area contributed by atoms with Gasteiger partial charge in [-0.15, -0.1) is 0 Å². The molecule has 19 heavy (non-hydrogen) atoms. The van der Waals surface area contributed by atoms with Crippen LogP contribution in [0.4, 0.5) is 0 Å². The van der Waals surface area contributed by atoms with Crippen molar-refractivity contribution >= 4 is 21.8 Å². The molecule has 1 amide bonds. The Kier molecular flexibility index (Phi) is 4.63. The van der Waals surface area contributed by atoms with Gasteiger partial charge in [-0.05, 0) is 49.4 Å². The predicted octanol–water partition coefficient (Wildman–Crippen LogP) is 3.15. The van der Waals surface area contributed by atoms with Gasteiger partial charge in [0.05, 0.1) is 6.04 Å². The molecule has 1 saturated carbocycles. The molecule has 1 atom stereocenters. The lowest BCUT2D eigenvalue weighted by atomic mass is 9.66. The van der Waals surface area contributed by atoms with Gasteiger partial charge in [0.25, 0.3) is 0 Å². The minimum Gasteiger partial charge on any atom is -0.350 e. The SMILES string of the molecule is C[C@H](NC(=O)CC1(CN)CCC1)c1ccc(Br)cc1. The lowest BCUT2D eigenvalue weighted by Crippen LogP contribution is -2.42. The third-order valence-corrected chi connectivity index (χ3v) is 4.66. The third-order valence-electron chi connectivity index (χ3n) is 4.13. The van der Waals surface area contributed by atoms with Crippen molar-refractivity contribution < 1.29 is 4.79 Å². The van der Waals surface area contributed by atoms with Crippen LogP contribution in [0.1, 0.15) is 44.2 Å². The molecule has 3 nitrogen and oxygen atoms in total. The quantitative estimate of drug-likeness (QED) is 0.874. The Hall–Kier alpha value is -0.870. The van der Waals surface area contributed by atoms with E-state index in [0.717, 1.165) is 22.9 Å². The molecule has 3 N–H and O–H groups in total. The summed E-state index contributed by atoms with van der Waals surface area (Å²) in [5.74, 6) is 0.112. The molecule has 1 aromatic rings. The largest absolute Gasteiger partial charge is 0.350 e. The van der Waals surface area contributed by atoms with E-state index < -0.39 is 0 Å². The van der Waals surface area contributed by atoms with E-state index in [2.05, 4.69) is 21.2 Å². The topological polar surface area (TPSA) is 55.1 Å². The predicted molar refractivity (Wildman–Crippen MR) is 80.7 cm³/mol. The van der Waals surface area contributed by atoms with E-state index in [1.165, 1.54) is 6.42 Å². The van der Waals surface area contributed by atoms with Crippen molar-refractivity contribution in [3.05, 3.63) is 34.3 Å². The molecule has 0 heterocycles. The Labute approximate surface area is 123 Å². The summed E-state index contributed by atoms with van der Waals surface area (Å²) >= 11 is 3.41. The van der Waals surface area contributed by atoms with Crippen LogP contribution < -0.4 is 11.1 Å². The van der Waals surface area contributed by atoms with Gasteiger partial charge in [-0.3, -0.25) is 4.79 Å². The van der Waals surface area contributed by atoms with Gasteiger partial charge in [0, 0.05) is 10.9 Å². The number of nitrogens with one attached hydrogen (secondary N) is 1. The summed E-state index contributed by atoms with van der Waals surface area (Å²) in [7, 11) is 0. The zero-order valence-corrected chi connectivity index (χ0v) is 12.9. The molecule has 1 aromatic carbocycles. The highest BCUT2D eigenvalue weighted by atomic mass is 79.9. The van der Waals surface area contributed by atoms with Crippen LogP contribution in [0.2, 0.25) is 0 Å². The highest BCUT2D eigenvalue weighted by Gasteiger charge is 2.37. The first-order chi connectivity index (χ1) is 9.04. The summed E-state index contributed by atoms with van der Waals surface area (Å²) in [6, 6.07) is 8.07. The number of amides is 1. The molecule has 104 valence electrons. The first kappa shape index (κ1) is 14.5. The van der Waals surface area contributed by atoms with Gasteiger partial charge in [0.1, 0.15) is 0 Å². The molecule has 4 heteroatoms. The fraction of sp³-hybridized carbons (Fsp3) is 0.533. The van der Waals surface area contributed by atoms with Gasteiger partial charge in [0.15, 0.2) is 0 Å². The number of rotatable bonds is 5. The smallest absolute Gasteiger partial charge is 0.221 e. The van der Waals surface area contributed by atoms with Gasteiger partial charge >= 0.3 is 0 Å². The molecule has 2 rings (SSSR count). The maximum absolute atomic E-state index is 12.1. The van der Waals surface area contributed by atoms with E-state index >= 15 is 0 Å². The minimum atomic E-state index is 0.0375. The molecule has 0 bridgehead atoms. The van der Waals surface area contributed by atoms with Crippen LogP contribution >= 0.6 is 15.9 Å². The first-order valence-electron chi connectivity index (χ1n) is 6.80. The van der Waals surface area contributed by atoms with Crippen molar-refractivity contribution in [2.45, 2.75) is 38.6 Å². The van der Waals surface area contributed by atoms with E-state index in [0.29, 0.717) is 13.0 Å². The molecule has 0 aromatic heterocycles. The molecule has 0 spiro atoms. The lowest BCUT2D eigenvalue weighted by Gasteiger charge is -2.40. The maximum atomic E-state index is 12.1. The molecule has 0 unspecified atom stereocenters. The van der Waals surface area contributed by atoms with Crippen molar-refractivity contribution in [2.24, 2.45) is 11.1 Å². The second-order valence-electron chi connectivity index (χ2n) is 5.58. The zero-order valence-electron chi connectivity index (χ0n) is 11.3. The number of hydrogen-bond acceptors (Lipinski definition) is 2. The molecule has 1 fully saturated rings. The summed E-state index contributed by atoms with van der Waals surface area (Å²) in [6.45, 7) is 2.63. The first-order valence-corrected chi connectivity index (χ1v) is 7.59. The minimum absolute atomic E-state index is 0.0375. The standard InChI is InChI=1S/C15H21BrN2O/c1-11(12-3-5-13(16)6-4-12)18-14(19)9-15(10-17)7-2-8-15/h3-6,11H,2,7-10,17H2,1H3,(H,18,19)/t11-/m0/s1. The van der Waals surface area contributed by atoms with Gasteiger partial charge in [-0.25, -0.2) is 0 Å². The molecule has 1 aliphatic rings. The molecular formula is C15H21BrN2O. The highest BCUT2D eigenvalue weighted by Crippen LogP contribution is 2.42. The van der Waals surface area contributed by atoms with E-state index in [4.69, 9.17) is 5.73 Å². The fourth-order valence-electron chi connectivity index (χ4n) is 2.60. The van der Waals surface area contributed by atoms with E-state index in [1.807, 2.05) is 31.2 Å². The second kappa shape index (κ2) is 6.06. The van der Waals surface area contributed by atoms with Crippen LogP contribution in [0.15, 0.2) is 28.7 Å². The lowest BCUT2D eigenvalue weighted by molar-refractivity contribution is -0.125. The Morgan fingerprint density at radius 2 is 2.05 bits per heavy atom. The molecule has 0 aliphatic heterocycles.